The molecule has 0 aromatic heterocycles. The number of nitriles is 1. The van der Waals surface area contributed by atoms with Gasteiger partial charge in [-0.3, -0.25) is 10.1 Å². The molecule has 2 aromatic carbocycles. The molecule has 4 heteroatoms. The number of nitrogens with zero attached hydrogens (tertiary/aromatic N) is 2. The Bertz CT molecular complexity index is 629. The van der Waals surface area contributed by atoms with Crippen LogP contribution in [0.5, 0.6) is 0 Å². The molecule has 0 amide bonds. The fourth-order valence-corrected chi connectivity index (χ4v) is 1.98. The van der Waals surface area contributed by atoms with Crippen molar-refractivity contribution in [3.63, 3.8) is 0 Å². The minimum atomic E-state index is -0.809. The van der Waals surface area contributed by atoms with Crippen LogP contribution >= 0.6 is 0 Å². The molecule has 0 fully saturated rings. The third-order valence-electron chi connectivity index (χ3n) is 3.23. The zero-order valence-electron chi connectivity index (χ0n) is 10.4. The monoisotopic (exact) mass is 252 g/mol. The third-order valence-corrected chi connectivity index (χ3v) is 3.23. The minimum Gasteiger partial charge on any atom is -0.258 e. The van der Waals surface area contributed by atoms with Crippen LogP contribution in [0.3, 0.4) is 0 Å². The summed E-state index contributed by atoms with van der Waals surface area (Å²) in [6.45, 7) is 1.81. The molecule has 0 aliphatic heterocycles. The number of hydrogen-bond donors (Lipinski definition) is 0. The summed E-state index contributed by atoms with van der Waals surface area (Å²) in [5.74, 6) is 0. The molecule has 1 atom stereocenters. The Hall–Kier alpha value is -2.67. The molecule has 0 aliphatic carbocycles. The quantitative estimate of drug-likeness (QED) is 0.620. The Kier molecular flexibility index (Phi) is 3.30. The van der Waals surface area contributed by atoms with Crippen LogP contribution in [0.1, 0.15) is 18.1 Å². The molecule has 4 nitrogen and oxygen atoms in total. The first-order chi connectivity index (χ1) is 9.08. The summed E-state index contributed by atoms with van der Waals surface area (Å²) in [5, 5.41) is 20.1. The second-order valence-corrected chi connectivity index (χ2v) is 4.41. The van der Waals surface area contributed by atoms with Crippen LogP contribution in [0.25, 0.3) is 0 Å². The van der Waals surface area contributed by atoms with Crippen LogP contribution in [-0.2, 0) is 5.41 Å². The summed E-state index contributed by atoms with van der Waals surface area (Å²) in [7, 11) is 0. The van der Waals surface area contributed by atoms with Gasteiger partial charge in [-0.15, -0.1) is 0 Å². The van der Waals surface area contributed by atoms with E-state index in [0.29, 0.717) is 0 Å². The second kappa shape index (κ2) is 4.91. The summed E-state index contributed by atoms with van der Waals surface area (Å²) in [6, 6.07) is 17.8. The smallest absolute Gasteiger partial charge is 0.258 e. The van der Waals surface area contributed by atoms with Crippen molar-refractivity contribution in [2.75, 3.05) is 0 Å². The van der Waals surface area contributed by atoms with Crippen molar-refractivity contribution in [2.24, 2.45) is 0 Å². The van der Waals surface area contributed by atoms with Crippen LogP contribution in [0.15, 0.2) is 54.6 Å². The molecule has 0 saturated heterocycles. The van der Waals surface area contributed by atoms with E-state index in [1.807, 2.05) is 37.3 Å². The third kappa shape index (κ3) is 2.31. The van der Waals surface area contributed by atoms with Gasteiger partial charge in [-0.05, 0) is 18.1 Å². The second-order valence-electron chi connectivity index (χ2n) is 4.41. The van der Waals surface area contributed by atoms with Crippen LogP contribution in [0, 0.1) is 21.4 Å². The molecule has 19 heavy (non-hydrogen) atoms. The van der Waals surface area contributed by atoms with Crippen LogP contribution in [0.2, 0.25) is 0 Å². The first-order valence-corrected chi connectivity index (χ1v) is 5.79. The summed E-state index contributed by atoms with van der Waals surface area (Å²) in [6.07, 6.45) is 0. The highest BCUT2D eigenvalue weighted by atomic mass is 16.6. The molecule has 0 spiro atoms. The highest BCUT2D eigenvalue weighted by Crippen LogP contribution is 2.32. The number of hydrogen-bond acceptors (Lipinski definition) is 3. The molecule has 94 valence electrons. The average Bonchev–Trinajstić information content (AvgIpc) is 2.47. The Morgan fingerprint density at radius 2 is 1.58 bits per heavy atom. The Morgan fingerprint density at radius 1 is 1.05 bits per heavy atom. The van der Waals surface area contributed by atoms with Gasteiger partial charge in [0.15, 0.2) is 0 Å². The normalized spacial score (nSPS) is 13.3. The summed E-state index contributed by atoms with van der Waals surface area (Å²) >= 11 is 0. The Morgan fingerprint density at radius 3 is 2.05 bits per heavy atom. The van der Waals surface area contributed by atoms with Gasteiger partial charge >= 0.3 is 0 Å². The minimum absolute atomic E-state index is 0.0251. The molecule has 0 saturated carbocycles. The summed E-state index contributed by atoms with van der Waals surface area (Å²) < 4.78 is 0. The van der Waals surface area contributed by atoms with Crippen LogP contribution in [0.4, 0.5) is 5.69 Å². The molecule has 2 rings (SSSR count). The van der Waals surface area contributed by atoms with E-state index in [2.05, 4.69) is 6.07 Å². The lowest BCUT2D eigenvalue weighted by Crippen LogP contribution is -2.21. The average molecular weight is 252 g/mol. The SMILES string of the molecule is C[C@](C#N)(c1ccccc1)c1ccc([N+](=O)[O-])cc1. The van der Waals surface area contributed by atoms with Gasteiger partial charge in [0.05, 0.1) is 11.0 Å². The van der Waals surface area contributed by atoms with Crippen molar-refractivity contribution < 1.29 is 4.92 Å². The number of rotatable bonds is 3. The summed E-state index contributed by atoms with van der Waals surface area (Å²) in [4.78, 5) is 10.2. The lowest BCUT2D eigenvalue weighted by atomic mass is 9.77. The van der Waals surface area contributed by atoms with Crippen molar-refractivity contribution in [3.8, 4) is 6.07 Å². The summed E-state index contributed by atoms with van der Waals surface area (Å²) in [5.41, 5.74) is 0.825. The van der Waals surface area contributed by atoms with Crippen molar-refractivity contribution in [1.82, 2.24) is 0 Å². The van der Waals surface area contributed by atoms with Crippen molar-refractivity contribution in [1.29, 1.82) is 5.26 Å². The fraction of sp³-hybridized carbons (Fsp3) is 0.133. The van der Waals surface area contributed by atoms with Gasteiger partial charge in [0, 0.05) is 12.1 Å². The number of nitro benzene ring substituents is 1. The van der Waals surface area contributed by atoms with Crippen molar-refractivity contribution in [2.45, 2.75) is 12.3 Å². The zero-order chi connectivity index (χ0) is 13.9. The van der Waals surface area contributed by atoms with Crippen molar-refractivity contribution >= 4 is 5.69 Å². The lowest BCUT2D eigenvalue weighted by molar-refractivity contribution is -0.384. The molecule has 0 aliphatic rings. The predicted molar refractivity (Wildman–Crippen MR) is 71.6 cm³/mol. The van der Waals surface area contributed by atoms with Crippen LogP contribution < -0.4 is 0 Å². The molecular formula is C15H12N2O2. The van der Waals surface area contributed by atoms with Gasteiger partial charge < -0.3 is 0 Å². The van der Waals surface area contributed by atoms with Gasteiger partial charge in [0.1, 0.15) is 5.41 Å². The number of non-ortho nitro benzene ring substituents is 1. The largest absolute Gasteiger partial charge is 0.269 e. The van der Waals surface area contributed by atoms with E-state index in [1.165, 1.54) is 12.1 Å². The van der Waals surface area contributed by atoms with Gasteiger partial charge in [-0.1, -0.05) is 42.5 Å². The molecular weight excluding hydrogens is 240 g/mol. The Labute approximate surface area is 111 Å². The van der Waals surface area contributed by atoms with Gasteiger partial charge in [-0.25, -0.2) is 0 Å². The van der Waals surface area contributed by atoms with E-state index in [0.717, 1.165) is 11.1 Å². The van der Waals surface area contributed by atoms with E-state index >= 15 is 0 Å². The lowest BCUT2D eigenvalue weighted by Gasteiger charge is -2.22. The highest BCUT2D eigenvalue weighted by Gasteiger charge is 2.28. The standard InChI is InChI=1S/C15H12N2O2/c1-15(11-16,12-5-3-2-4-6-12)13-7-9-14(10-8-13)17(18)19/h2-10H,1H3/t15-/m0/s1. The number of nitro groups is 1. The van der Waals surface area contributed by atoms with Crippen molar-refractivity contribution in [3.05, 3.63) is 75.8 Å². The maximum absolute atomic E-state index is 10.6. The molecule has 0 bridgehead atoms. The fourth-order valence-electron chi connectivity index (χ4n) is 1.98. The van der Waals surface area contributed by atoms with Gasteiger partial charge in [0.2, 0.25) is 0 Å². The molecule has 2 aromatic rings. The first-order valence-electron chi connectivity index (χ1n) is 5.79. The van der Waals surface area contributed by atoms with E-state index in [4.69, 9.17) is 0 Å². The van der Waals surface area contributed by atoms with Crippen LogP contribution in [-0.4, -0.2) is 4.92 Å². The molecule has 0 unspecified atom stereocenters. The van der Waals surface area contributed by atoms with Gasteiger partial charge in [-0.2, -0.15) is 5.26 Å². The van der Waals surface area contributed by atoms with E-state index < -0.39 is 10.3 Å². The van der Waals surface area contributed by atoms with E-state index in [1.54, 1.807) is 12.1 Å². The predicted octanol–water partition coefficient (Wildman–Crippen LogP) is 3.42. The maximum atomic E-state index is 10.6. The highest BCUT2D eigenvalue weighted by molar-refractivity contribution is 5.47. The first kappa shape index (κ1) is 12.8. The molecule has 0 heterocycles. The molecule has 0 N–H and O–H groups in total. The topological polar surface area (TPSA) is 66.9 Å². The van der Waals surface area contributed by atoms with Gasteiger partial charge in [0.25, 0.3) is 5.69 Å². The number of benzene rings is 2. The molecule has 0 radical (unpaired) electrons. The maximum Gasteiger partial charge on any atom is 0.269 e. The van der Waals surface area contributed by atoms with E-state index in [-0.39, 0.29) is 5.69 Å². The zero-order valence-corrected chi connectivity index (χ0v) is 10.4. The van der Waals surface area contributed by atoms with E-state index in [9.17, 15) is 15.4 Å². The Balaban J connectivity index is 2.48.